The fourth-order valence-corrected chi connectivity index (χ4v) is 2.32. The van der Waals surface area contributed by atoms with E-state index >= 15 is 0 Å². The Hall–Kier alpha value is -1.78. The van der Waals surface area contributed by atoms with Gasteiger partial charge in [-0.25, -0.2) is 8.78 Å². The SMILES string of the molecule is OCCCC(NCc1cc(F)cc(F)c1)c1ccccc1. The molecule has 0 aliphatic rings. The summed E-state index contributed by atoms with van der Waals surface area (Å²) < 4.78 is 26.4. The van der Waals surface area contributed by atoms with E-state index in [0.717, 1.165) is 18.1 Å². The average Bonchev–Trinajstić information content (AvgIpc) is 2.47. The van der Waals surface area contributed by atoms with Crippen molar-refractivity contribution >= 4 is 0 Å². The molecule has 0 saturated carbocycles. The first kappa shape index (κ1) is 15.6. The van der Waals surface area contributed by atoms with Crippen LogP contribution in [0.3, 0.4) is 0 Å². The summed E-state index contributed by atoms with van der Waals surface area (Å²) >= 11 is 0. The molecule has 0 amide bonds. The maximum Gasteiger partial charge on any atom is 0.126 e. The van der Waals surface area contributed by atoms with Crippen molar-refractivity contribution in [2.75, 3.05) is 6.61 Å². The van der Waals surface area contributed by atoms with Crippen LogP contribution in [0, 0.1) is 11.6 Å². The molecule has 0 bridgehead atoms. The topological polar surface area (TPSA) is 32.3 Å². The molecular weight excluding hydrogens is 272 g/mol. The third kappa shape index (κ3) is 4.92. The smallest absolute Gasteiger partial charge is 0.126 e. The summed E-state index contributed by atoms with van der Waals surface area (Å²) in [5.74, 6) is -1.14. The molecule has 0 heterocycles. The maximum absolute atomic E-state index is 13.2. The number of hydrogen-bond acceptors (Lipinski definition) is 2. The van der Waals surface area contributed by atoms with Crippen LogP contribution in [0.5, 0.6) is 0 Å². The van der Waals surface area contributed by atoms with Crippen molar-refractivity contribution in [2.45, 2.75) is 25.4 Å². The Kier molecular flexibility index (Phi) is 5.84. The summed E-state index contributed by atoms with van der Waals surface area (Å²) in [5.41, 5.74) is 1.67. The van der Waals surface area contributed by atoms with Gasteiger partial charge in [0.2, 0.25) is 0 Å². The predicted octanol–water partition coefficient (Wildman–Crippen LogP) is 3.57. The minimum atomic E-state index is -0.571. The second kappa shape index (κ2) is 7.86. The van der Waals surface area contributed by atoms with Gasteiger partial charge in [0.1, 0.15) is 11.6 Å². The summed E-state index contributed by atoms with van der Waals surface area (Å²) in [4.78, 5) is 0. The Labute approximate surface area is 123 Å². The molecule has 112 valence electrons. The lowest BCUT2D eigenvalue weighted by molar-refractivity contribution is 0.275. The highest BCUT2D eigenvalue weighted by Gasteiger charge is 2.11. The van der Waals surface area contributed by atoms with E-state index in [2.05, 4.69) is 5.32 Å². The van der Waals surface area contributed by atoms with Gasteiger partial charge in [0.25, 0.3) is 0 Å². The van der Waals surface area contributed by atoms with Crippen LogP contribution in [0.2, 0.25) is 0 Å². The zero-order valence-electron chi connectivity index (χ0n) is 11.7. The Morgan fingerprint density at radius 3 is 2.29 bits per heavy atom. The number of aliphatic hydroxyl groups excluding tert-OH is 1. The van der Waals surface area contributed by atoms with Gasteiger partial charge in [0.05, 0.1) is 0 Å². The monoisotopic (exact) mass is 291 g/mol. The van der Waals surface area contributed by atoms with E-state index in [9.17, 15) is 8.78 Å². The first-order valence-corrected chi connectivity index (χ1v) is 7.03. The number of hydrogen-bond donors (Lipinski definition) is 2. The lowest BCUT2D eigenvalue weighted by Gasteiger charge is -2.19. The van der Waals surface area contributed by atoms with Crippen molar-refractivity contribution in [1.29, 1.82) is 0 Å². The molecule has 2 rings (SSSR count). The number of benzene rings is 2. The minimum Gasteiger partial charge on any atom is -0.396 e. The van der Waals surface area contributed by atoms with Crippen LogP contribution in [0.1, 0.15) is 30.0 Å². The highest BCUT2D eigenvalue weighted by molar-refractivity contribution is 5.21. The van der Waals surface area contributed by atoms with Crippen molar-refractivity contribution in [3.05, 3.63) is 71.3 Å². The van der Waals surface area contributed by atoms with Gasteiger partial charge in [-0.05, 0) is 36.1 Å². The zero-order chi connectivity index (χ0) is 15.1. The summed E-state index contributed by atoms with van der Waals surface area (Å²) in [7, 11) is 0. The fraction of sp³-hybridized carbons (Fsp3) is 0.294. The Morgan fingerprint density at radius 1 is 1.00 bits per heavy atom. The molecule has 2 aromatic carbocycles. The largest absolute Gasteiger partial charge is 0.396 e. The quantitative estimate of drug-likeness (QED) is 0.817. The van der Waals surface area contributed by atoms with Gasteiger partial charge in [-0.15, -0.1) is 0 Å². The van der Waals surface area contributed by atoms with E-state index < -0.39 is 11.6 Å². The Bertz CT molecular complexity index is 540. The number of aliphatic hydroxyl groups is 1. The highest BCUT2D eigenvalue weighted by Crippen LogP contribution is 2.19. The number of rotatable bonds is 7. The summed E-state index contributed by atoms with van der Waals surface area (Å²) in [6.45, 7) is 0.499. The van der Waals surface area contributed by atoms with Crippen LogP contribution in [0.15, 0.2) is 48.5 Å². The molecule has 0 aromatic heterocycles. The van der Waals surface area contributed by atoms with Crippen molar-refractivity contribution in [2.24, 2.45) is 0 Å². The van der Waals surface area contributed by atoms with E-state index in [4.69, 9.17) is 5.11 Å². The molecule has 1 unspecified atom stereocenters. The van der Waals surface area contributed by atoms with Gasteiger partial charge in [-0.1, -0.05) is 30.3 Å². The second-order valence-corrected chi connectivity index (χ2v) is 4.99. The van der Waals surface area contributed by atoms with Crippen LogP contribution in [-0.2, 0) is 6.54 Å². The highest BCUT2D eigenvalue weighted by atomic mass is 19.1. The molecule has 0 saturated heterocycles. The number of halogens is 2. The van der Waals surface area contributed by atoms with E-state index in [1.165, 1.54) is 12.1 Å². The summed E-state index contributed by atoms with van der Waals surface area (Å²) in [6.07, 6.45) is 1.43. The van der Waals surface area contributed by atoms with Crippen LogP contribution in [0.25, 0.3) is 0 Å². The van der Waals surface area contributed by atoms with Gasteiger partial charge in [-0.2, -0.15) is 0 Å². The molecule has 0 spiro atoms. The van der Waals surface area contributed by atoms with E-state index in [-0.39, 0.29) is 12.6 Å². The fourth-order valence-electron chi connectivity index (χ4n) is 2.32. The molecule has 0 radical (unpaired) electrons. The maximum atomic E-state index is 13.2. The summed E-state index contributed by atoms with van der Waals surface area (Å²) in [5, 5.41) is 12.3. The average molecular weight is 291 g/mol. The molecule has 2 nitrogen and oxygen atoms in total. The molecule has 2 aromatic rings. The van der Waals surface area contributed by atoms with E-state index in [1.54, 1.807) is 0 Å². The molecule has 2 N–H and O–H groups in total. The lowest BCUT2D eigenvalue weighted by atomic mass is 10.0. The van der Waals surface area contributed by atoms with Crippen molar-refractivity contribution in [3.63, 3.8) is 0 Å². The van der Waals surface area contributed by atoms with E-state index in [1.807, 2.05) is 30.3 Å². The van der Waals surface area contributed by atoms with Gasteiger partial charge in [-0.3, -0.25) is 0 Å². The molecular formula is C17H19F2NO. The van der Waals surface area contributed by atoms with Gasteiger partial charge in [0.15, 0.2) is 0 Å². The Morgan fingerprint density at radius 2 is 1.67 bits per heavy atom. The second-order valence-electron chi connectivity index (χ2n) is 4.99. The zero-order valence-corrected chi connectivity index (χ0v) is 11.7. The lowest BCUT2D eigenvalue weighted by Crippen LogP contribution is -2.21. The third-order valence-corrected chi connectivity index (χ3v) is 3.33. The first-order valence-electron chi connectivity index (χ1n) is 7.03. The third-order valence-electron chi connectivity index (χ3n) is 3.33. The van der Waals surface area contributed by atoms with Crippen molar-refractivity contribution in [3.8, 4) is 0 Å². The molecule has 4 heteroatoms. The molecule has 0 aliphatic heterocycles. The van der Waals surface area contributed by atoms with Crippen LogP contribution >= 0.6 is 0 Å². The molecule has 21 heavy (non-hydrogen) atoms. The number of nitrogens with one attached hydrogen (secondary N) is 1. The van der Waals surface area contributed by atoms with Crippen molar-refractivity contribution < 1.29 is 13.9 Å². The van der Waals surface area contributed by atoms with Crippen molar-refractivity contribution in [1.82, 2.24) is 5.32 Å². The standard InChI is InChI=1S/C17H19F2NO/c18-15-9-13(10-16(19)11-15)12-20-17(7-4-8-21)14-5-2-1-3-6-14/h1-3,5-6,9-11,17,20-21H,4,7-8,12H2. The summed E-state index contributed by atoms with van der Waals surface area (Å²) in [6, 6.07) is 13.4. The van der Waals surface area contributed by atoms with Gasteiger partial charge in [0, 0.05) is 25.3 Å². The van der Waals surface area contributed by atoms with Gasteiger partial charge >= 0.3 is 0 Å². The van der Waals surface area contributed by atoms with E-state index in [0.29, 0.717) is 18.5 Å². The minimum absolute atomic E-state index is 0.0460. The van der Waals surface area contributed by atoms with Gasteiger partial charge < -0.3 is 10.4 Å². The van der Waals surface area contributed by atoms with Crippen LogP contribution < -0.4 is 5.32 Å². The Balaban J connectivity index is 2.05. The normalized spacial score (nSPS) is 12.3. The molecule has 0 aliphatic carbocycles. The first-order chi connectivity index (χ1) is 10.2. The molecule has 1 atom stereocenters. The van der Waals surface area contributed by atoms with Crippen LogP contribution in [-0.4, -0.2) is 11.7 Å². The molecule has 0 fully saturated rings. The van der Waals surface area contributed by atoms with Crippen LogP contribution in [0.4, 0.5) is 8.78 Å². The predicted molar refractivity (Wildman–Crippen MR) is 78.7 cm³/mol.